The molecule has 0 radical (unpaired) electrons. The van der Waals surface area contributed by atoms with Crippen molar-refractivity contribution in [3.8, 4) is 0 Å². The molecule has 19 heavy (non-hydrogen) atoms. The molecule has 106 valence electrons. The monoisotopic (exact) mass is 266 g/mol. The molecule has 1 aromatic rings. The topological polar surface area (TPSA) is 80.0 Å². The van der Waals surface area contributed by atoms with Gasteiger partial charge in [0, 0.05) is 19.9 Å². The molecule has 0 spiro atoms. The summed E-state index contributed by atoms with van der Waals surface area (Å²) in [5, 5.41) is 10.0. The van der Waals surface area contributed by atoms with E-state index in [-0.39, 0.29) is 11.9 Å². The van der Waals surface area contributed by atoms with E-state index in [9.17, 15) is 4.79 Å². The van der Waals surface area contributed by atoms with Crippen LogP contribution >= 0.6 is 0 Å². The van der Waals surface area contributed by atoms with Gasteiger partial charge in [-0.25, -0.2) is 0 Å². The van der Waals surface area contributed by atoms with Gasteiger partial charge in [-0.05, 0) is 25.3 Å². The summed E-state index contributed by atoms with van der Waals surface area (Å²) in [6, 6.07) is -0.0503. The number of nitrogens with one attached hydrogen (secondary N) is 2. The number of nitrogens with zero attached hydrogens (tertiary/aromatic N) is 2. The molecule has 1 fully saturated rings. The van der Waals surface area contributed by atoms with Crippen molar-refractivity contribution in [3.63, 3.8) is 0 Å². The zero-order chi connectivity index (χ0) is 13.7. The second kappa shape index (κ2) is 6.65. The van der Waals surface area contributed by atoms with Gasteiger partial charge in [-0.3, -0.25) is 4.79 Å². The van der Waals surface area contributed by atoms with Gasteiger partial charge in [0.05, 0.1) is 6.04 Å². The third-order valence-corrected chi connectivity index (χ3v) is 3.62. The number of piperidine rings is 1. The van der Waals surface area contributed by atoms with E-state index >= 15 is 0 Å². The van der Waals surface area contributed by atoms with E-state index < -0.39 is 0 Å². The summed E-state index contributed by atoms with van der Waals surface area (Å²) >= 11 is 0. The highest BCUT2D eigenvalue weighted by Crippen LogP contribution is 2.19. The van der Waals surface area contributed by atoms with E-state index in [0.29, 0.717) is 30.6 Å². The molecule has 0 aromatic carbocycles. The zero-order valence-corrected chi connectivity index (χ0v) is 11.6. The van der Waals surface area contributed by atoms with Crippen LogP contribution in [0.3, 0.4) is 0 Å². The number of aryl methyl sites for hydroxylation is 1. The number of carbonyl (C=O) groups is 1. The van der Waals surface area contributed by atoms with Crippen LogP contribution in [-0.2, 0) is 11.2 Å². The molecule has 2 atom stereocenters. The maximum Gasteiger partial charge on any atom is 0.237 e. The summed E-state index contributed by atoms with van der Waals surface area (Å²) in [5.74, 6) is 1.94. The number of amides is 1. The second-order valence-electron chi connectivity index (χ2n) is 5.08. The van der Waals surface area contributed by atoms with Crippen LogP contribution in [0.5, 0.6) is 0 Å². The normalized spacial score (nSPS) is 23.3. The molecule has 2 heterocycles. The summed E-state index contributed by atoms with van der Waals surface area (Å²) in [6.45, 7) is 5.42. The minimum Gasteiger partial charge on any atom is -0.354 e. The van der Waals surface area contributed by atoms with Crippen molar-refractivity contribution in [2.75, 3.05) is 13.1 Å². The molecule has 0 aliphatic carbocycles. The molecule has 1 aromatic heterocycles. The predicted octanol–water partition coefficient (Wildman–Crippen LogP) is 0.815. The highest BCUT2D eigenvalue weighted by Gasteiger charge is 2.25. The molecule has 0 saturated carbocycles. The Morgan fingerprint density at radius 3 is 3.11 bits per heavy atom. The molecule has 2 rings (SSSR count). The van der Waals surface area contributed by atoms with Crippen LogP contribution in [0.25, 0.3) is 0 Å². The Bertz CT molecular complexity index is 419. The van der Waals surface area contributed by atoms with Gasteiger partial charge in [-0.1, -0.05) is 18.5 Å². The minimum atomic E-state index is -0.0503. The van der Waals surface area contributed by atoms with Crippen molar-refractivity contribution in [1.82, 2.24) is 20.8 Å². The molecule has 6 heteroatoms. The summed E-state index contributed by atoms with van der Waals surface area (Å²) in [6.07, 6.45) is 3.85. The van der Waals surface area contributed by atoms with Crippen molar-refractivity contribution in [3.05, 3.63) is 11.7 Å². The Kier molecular flexibility index (Phi) is 4.90. The fraction of sp³-hybridized carbons (Fsp3) is 0.769. The molecule has 1 aliphatic heterocycles. The Morgan fingerprint density at radius 2 is 2.42 bits per heavy atom. The van der Waals surface area contributed by atoms with Gasteiger partial charge in [0.1, 0.15) is 0 Å². The third kappa shape index (κ3) is 4.02. The smallest absolute Gasteiger partial charge is 0.237 e. The van der Waals surface area contributed by atoms with Crippen molar-refractivity contribution in [2.24, 2.45) is 5.92 Å². The van der Waals surface area contributed by atoms with Gasteiger partial charge in [0.2, 0.25) is 11.8 Å². The van der Waals surface area contributed by atoms with Crippen molar-refractivity contribution in [1.29, 1.82) is 0 Å². The van der Waals surface area contributed by atoms with Gasteiger partial charge >= 0.3 is 0 Å². The molecule has 6 nitrogen and oxygen atoms in total. The molecule has 0 bridgehead atoms. The maximum atomic E-state index is 12.0. The Labute approximate surface area is 113 Å². The molecular formula is C13H22N4O2. The van der Waals surface area contributed by atoms with Crippen molar-refractivity contribution >= 4 is 5.91 Å². The van der Waals surface area contributed by atoms with Gasteiger partial charge in [0.25, 0.3) is 0 Å². The molecular weight excluding hydrogens is 244 g/mol. The molecule has 1 saturated heterocycles. The Hall–Kier alpha value is -1.43. The van der Waals surface area contributed by atoms with Crippen LogP contribution in [-0.4, -0.2) is 35.2 Å². The number of hydrogen-bond acceptors (Lipinski definition) is 5. The minimum absolute atomic E-state index is 0.0503. The lowest BCUT2D eigenvalue weighted by Gasteiger charge is -2.28. The van der Waals surface area contributed by atoms with E-state index in [1.165, 1.54) is 6.42 Å². The van der Waals surface area contributed by atoms with E-state index in [0.717, 1.165) is 19.4 Å². The number of rotatable bonds is 5. The highest BCUT2D eigenvalue weighted by atomic mass is 16.5. The van der Waals surface area contributed by atoms with Crippen LogP contribution in [0.2, 0.25) is 0 Å². The molecule has 1 aliphatic rings. The lowest BCUT2D eigenvalue weighted by atomic mass is 9.90. The SMILES string of the molecule is CCC1CCNC(C(=O)NCCc2noc(C)n2)C1. The Morgan fingerprint density at radius 1 is 1.58 bits per heavy atom. The van der Waals surface area contributed by atoms with Crippen LogP contribution in [0.15, 0.2) is 4.52 Å². The largest absolute Gasteiger partial charge is 0.354 e. The summed E-state index contributed by atoms with van der Waals surface area (Å²) in [4.78, 5) is 16.1. The fourth-order valence-corrected chi connectivity index (χ4v) is 2.43. The summed E-state index contributed by atoms with van der Waals surface area (Å²) in [5.41, 5.74) is 0. The molecule has 2 unspecified atom stereocenters. The number of carbonyl (C=O) groups excluding carboxylic acids is 1. The van der Waals surface area contributed by atoms with E-state index in [2.05, 4.69) is 27.7 Å². The van der Waals surface area contributed by atoms with Crippen LogP contribution in [0.1, 0.15) is 37.9 Å². The Balaban J connectivity index is 1.72. The fourth-order valence-electron chi connectivity index (χ4n) is 2.43. The quantitative estimate of drug-likeness (QED) is 0.824. The van der Waals surface area contributed by atoms with Crippen molar-refractivity contribution < 1.29 is 9.32 Å². The lowest BCUT2D eigenvalue weighted by Crippen LogP contribution is -2.49. The van der Waals surface area contributed by atoms with Crippen molar-refractivity contribution in [2.45, 2.75) is 45.6 Å². The first-order valence-electron chi connectivity index (χ1n) is 6.99. The second-order valence-corrected chi connectivity index (χ2v) is 5.08. The molecule has 1 amide bonds. The standard InChI is InChI=1S/C13H22N4O2/c1-3-10-4-6-14-11(8-10)13(18)15-7-5-12-16-9(2)19-17-12/h10-11,14H,3-8H2,1-2H3,(H,15,18). The predicted molar refractivity (Wildman–Crippen MR) is 70.6 cm³/mol. The zero-order valence-electron chi connectivity index (χ0n) is 11.6. The van der Waals surface area contributed by atoms with Gasteiger partial charge in [-0.15, -0.1) is 0 Å². The van der Waals surface area contributed by atoms with Crippen LogP contribution in [0.4, 0.5) is 0 Å². The summed E-state index contributed by atoms with van der Waals surface area (Å²) in [7, 11) is 0. The first-order valence-corrected chi connectivity index (χ1v) is 6.99. The van der Waals surface area contributed by atoms with Gasteiger partial charge in [0.15, 0.2) is 5.82 Å². The summed E-state index contributed by atoms with van der Waals surface area (Å²) < 4.78 is 4.88. The van der Waals surface area contributed by atoms with Gasteiger partial charge < -0.3 is 15.2 Å². The van der Waals surface area contributed by atoms with Crippen LogP contribution in [0, 0.1) is 12.8 Å². The van der Waals surface area contributed by atoms with Crippen LogP contribution < -0.4 is 10.6 Å². The average molecular weight is 266 g/mol. The average Bonchev–Trinajstić information content (AvgIpc) is 2.84. The number of aromatic nitrogens is 2. The third-order valence-electron chi connectivity index (χ3n) is 3.62. The first kappa shape index (κ1) is 14.0. The first-order chi connectivity index (χ1) is 9.19. The highest BCUT2D eigenvalue weighted by molar-refractivity contribution is 5.81. The number of hydrogen-bond donors (Lipinski definition) is 2. The molecule has 2 N–H and O–H groups in total. The van der Waals surface area contributed by atoms with E-state index in [1.54, 1.807) is 6.92 Å². The van der Waals surface area contributed by atoms with Gasteiger partial charge in [-0.2, -0.15) is 4.98 Å². The van der Waals surface area contributed by atoms with E-state index in [1.807, 2.05) is 0 Å². The maximum absolute atomic E-state index is 12.0. The van der Waals surface area contributed by atoms with E-state index in [4.69, 9.17) is 4.52 Å². The lowest BCUT2D eigenvalue weighted by molar-refractivity contribution is -0.124.